The van der Waals surface area contributed by atoms with Crippen LogP contribution in [-0.4, -0.2) is 41.8 Å². The Balaban J connectivity index is 1.42. The molecule has 1 amide bonds. The molecule has 3 aromatic rings. The number of carbonyl (C=O) groups excluding carboxylic acids is 1. The first kappa shape index (κ1) is 20.7. The zero-order valence-corrected chi connectivity index (χ0v) is 17.8. The largest absolute Gasteiger partial charge is 0.352 e. The van der Waals surface area contributed by atoms with Gasteiger partial charge in [-0.25, -0.2) is 14.0 Å². The van der Waals surface area contributed by atoms with Gasteiger partial charge in [-0.15, -0.1) is 5.10 Å². The van der Waals surface area contributed by atoms with Crippen LogP contribution in [0.2, 0.25) is 0 Å². The van der Waals surface area contributed by atoms with Crippen LogP contribution in [-0.2, 0) is 11.3 Å². The summed E-state index contributed by atoms with van der Waals surface area (Å²) in [6.07, 6.45) is 2.12. The fraction of sp³-hybridized carbons (Fsp3) is 0.429. The fourth-order valence-electron chi connectivity index (χ4n) is 3.43. The number of hydrogen-bond acceptors (Lipinski definition) is 6. The van der Waals surface area contributed by atoms with Gasteiger partial charge in [0.25, 0.3) is 11.1 Å². The van der Waals surface area contributed by atoms with E-state index in [9.17, 15) is 14.4 Å². The first-order valence-electron chi connectivity index (χ1n) is 10.3. The van der Waals surface area contributed by atoms with Gasteiger partial charge in [-0.2, -0.15) is 10.2 Å². The van der Waals surface area contributed by atoms with E-state index < -0.39 is 6.04 Å². The van der Waals surface area contributed by atoms with Gasteiger partial charge in [0.05, 0.1) is 17.9 Å². The zero-order valence-electron chi connectivity index (χ0n) is 17.8. The summed E-state index contributed by atoms with van der Waals surface area (Å²) in [7, 11) is 0. The zero-order chi connectivity index (χ0) is 22.1. The van der Waals surface area contributed by atoms with Crippen molar-refractivity contribution >= 4 is 5.91 Å². The van der Waals surface area contributed by atoms with E-state index in [1.165, 1.54) is 21.5 Å². The summed E-state index contributed by atoms with van der Waals surface area (Å²) in [6, 6.07) is 7.40. The molecule has 1 aliphatic rings. The minimum Gasteiger partial charge on any atom is -0.352 e. The monoisotopic (exact) mass is 423 g/mol. The molecule has 1 atom stereocenters. The normalized spacial score (nSPS) is 14.4. The van der Waals surface area contributed by atoms with Crippen molar-refractivity contribution in [1.29, 1.82) is 0 Å². The summed E-state index contributed by atoms with van der Waals surface area (Å²) in [5.41, 5.74) is 2.01. The second kappa shape index (κ2) is 8.29. The van der Waals surface area contributed by atoms with Crippen molar-refractivity contribution in [2.75, 3.05) is 6.54 Å². The quantitative estimate of drug-likeness (QED) is 0.602. The van der Waals surface area contributed by atoms with E-state index in [1.807, 2.05) is 19.9 Å². The standard InChI is InChI=1S/C21H25N7O3/c1-13-12-14(2)27(23-13)18-7-9-19(29)26(25-18)11-10-22-21(31)15(3)28-20(30)8-6-17(24-28)16-4-5-16/h6-9,12,15-16H,4-5,10-11H2,1-3H3,(H,22,31). The molecule has 0 spiro atoms. The topological polar surface area (TPSA) is 117 Å². The highest BCUT2D eigenvalue weighted by atomic mass is 16.2. The van der Waals surface area contributed by atoms with E-state index >= 15 is 0 Å². The molecule has 1 fully saturated rings. The molecular formula is C21H25N7O3. The molecule has 3 heterocycles. The molecule has 1 unspecified atom stereocenters. The van der Waals surface area contributed by atoms with Crippen molar-refractivity contribution < 1.29 is 4.79 Å². The van der Waals surface area contributed by atoms with Crippen LogP contribution in [0.5, 0.6) is 0 Å². The number of aromatic nitrogens is 6. The molecule has 1 N–H and O–H groups in total. The molecular weight excluding hydrogens is 398 g/mol. The number of aryl methyl sites for hydroxylation is 2. The average molecular weight is 423 g/mol. The van der Waals surface area contributed by atoms with Gasteiger partial charge in [0.1, 0.15) is 6.04 Å². The molecule has 0 aromatic carbocycles. The van der Waals surface area contributed by atoms with E-state index in [0.29, 0.717) is 11.7 Å². The Hall–Kier alpha value is -3.56. The predicted molar refractivity (Wildman–Crippen MR) is 113 cm³/mol. The third-order valence-corrected chi connectivity index (χ3v) is 5.29. The third kappa shape index (κ3) is 4.47. The van der Waals surface area contributed by atoms with Gasteiger partial charge >= 0.3 is 0 Å². The molecule has 0 aliphatic heterocycles. The van der Waals surface area contributed by atoms with Crippen molar-refractivity contribution in [3.63, 3.8) is 0 Å². The Labute approximate surface area is 178 Å². The second-order valence-electron chi connectivity index (χ2n) is 7.87. The first-order chi connectivity index (χ1) is 14.8. The minimum absolute atomic E-state index is 0.188. The highest BCUT2D eigenvalue weighted by Crippen LogP contribution is 2.38. The molecule has 0 saturated heterocycles. The molecule has 1 saturated carbocycles. The van der Waals surface area contributed by atoms with E-state index in [-0.39, 0.29) is 30.1 Å². The van der Waals surface area contributed by atoms with Gasteiger partial charge in [-0.3, -0.25) is 14.4 Å². The van der Waals surface area contributed by atoms with Gasteiger partial charge in [0.2, 0.25) is 5.91 Å². The number of rotatable bonds is 7. The van der Waals surface area contributed by atoms with Gasteiger partial charge < -0.3 is 5.32 Å². The maximum absolute atomic E-state index is 12.6. The van der Waals surface area contributed by atoms with Crippen molar-refractivity contribution in [2.45, 2.75) is 52.1 Å². The van der Waals surface area contributed by atoms with Gasteiger partial charge in [0, 0.05) is 30.3 Å². The number of amides is 1. The molecule has 4 rings (SSSR count). The van der Waals surface area contributed by atoms with Crippen LogP contribution in [0.4, 0.5) is 0 Å². The Morgan fingerprint density at radius 2 is 1.84 bits per heavy atom. The van der Waals surface area contributed by atoms with Crippen LogP contribution in [0.1, 0.15) is 48.8 Å². The highest BCUT2D eigenvalue weighted by molar-refractivity contribution is 5.79. The summed E-state index contributed by atoms with van der Waals surface area (Å²) in [4.78, 5) is 36.9. The molecule has 1 aliphatic carbocycles. The summed E-state index contributed by atoms with van der Waals surface area (Å²) in [5.74, 6) is 0.567. The Bertz CT molecular complexity index is 1240. The highest BCUT2D eigenvalue weighted by Gasteiger charge is 2.27. The van der Waals surface area contributed by atoms with E-state index in [1.54, 1.807) is 23.7 Å². The molecule has 10 nitrogen and oxygen atoms in total. The molecule has 0 radical (unpaired) electrons. The molecule has 0 bridgehead atoms. The van der Waals surface area contributed by atoms with Crippen molar-refractivity contribution in [2.24, 2.45) is 0 Å². The fourth-order valence-corrected chi connectivity index (χ4v) is 3.43. The summed E-state index contributed by atoms with van der Waals surface area (Å²) < 4.78 is 4.17. The lowest BCUT2D eigenvalue weighted by atomic mass is 10.2. The smallest absolute Gasteiger partial charge is 0.267 e. The summed E-state index contributed by atoms with van der Waals surface area (Å²) in [6.45, 7) is 5.81. The third-order valence-electron chi connectivity index (χ3n) is 5.29. The van der Waals surface area contributed by atoms with Crippen LogP contribution in [0, 0.1) is 13.8 Å². The Kier molecular flexibility index (Phi) is 5.53. The van der Waals surface area contributed by atoms with Gasteiger partial charge in [-0.1, -0.05) is 0 Å². The summed E-state index contributed by atoms with van der Waals surface area (Å²) in [5, 5.41) is 15.9. The molecule has 162 valence electrons. The van der Waals surface area contributed by atoms with Crippen molar-refractivity contribution in [3.8, 4) is 5.82 Å². The second-order valence-corrected chi connectivity index (χ2v) is 7.87. The predicted octanol–water partition coefficient (Wildman–Crippen LogP) is 0.857. The summed E-state index contributed by atoms with van der Waals surface area (Å²) >= 11 is 0. The van der Waals surface area contributed by atoms with Crippen LogP contribution in [0.15, 0.2) is 39.9 Å². The van der Waals surface area contributed by atoms with E-state index in [4.69, 9.17) is 0 Å². The number of carbonyl (C=O) groups is 1. The van der Waals surface area contributed by atoms with Crippen LogP contribution in [0.3, 0.4) is 0 Å². The number of hydrogen-bond donors (Lipinski definition) is 1. The van der Waals surface area contributed by atoms with Crippen LogP contribution in [0.25, 0.3) is 5.82 Å². The maximum atomic E-state index is 12.6. The van der Waals surface area contributed by atoms with E-state index in [2.05, 4.69) is 20.6 Å². The molecule has 31 heavy (non-hydrogen) atoms. The lowest BCUT2D eigenvalue weighted by molar-refractivity contribution is -0.124. The van der Waals surface area contributed by atoms with E-state index in [0.717, 1.165) is 29.9 Å². The lowest BCUT2D eigenvalue weighted by Gasteiger charge is -2.15. The van der Waals surface area contributed by atoms with Crippen molar-refractivity contribution in [1.82, 2.24) is 34.7 Å². The first-order valence-corrected chi connectivity index (χ1v) is 10.3. The van der Waals surface area contributed by atoms with Crippen molar-refractivity contribution in [3.05, 3.63) is 68.1 Å². The van der Waals surface area contributed by atoms with Crippen LogP contribution < -0.4 is 16.4 Å². The van der Waals surface area contributed by atoms with Gasteiger partial charge in [0.15, 0.2) is 5.82 Å². The molecule has 10 heteroatoms. The SMILES string of the molecule is Cc1cc(C)n(-c2ccc(=O)n(CCNC(=O)C(C)n3nc(C4CC4)ccc3=O)n2)n1. The van der Waals surface area contributed by atoms with Crippen LogP contribution >= 0.6 is 0 Å². The number of nitrogens with one attached hydrogen (secondary N) is 1. The Morgan fingerprint density at radius 1 is 1.10 bits per heavy atom. The average Bonchev–Trinajstić information content (AvgIpc) is 3.53. The Morgan fingerprint density at radius 3 is 2.52 bits per heavy atom. The maximum Gasteiger partial charge on any atom is 0.267 e. The lowest BCUT2D eigenvalue weighted by Crippen LogP contribution is -2.39. The molecule has 3 aromatic heterocycles. The van der Waals surface area contributed by atoms with Gasteiger partial charge in [-0.05, 0) is 51.8 Å². The minimum atomic E-state index is -0.753. The number of nitrogens with zero attached hydrogens (tertiary/aromatic N) is 6.